The third-order valence-electron chi connectivity index (χ3n) is 6.24. The largest absolute Gasteiger partial charge is 0.473 e. The predicted octanol–water partition coefficient (Wildman–Crippen LogP) is 7.08. The molecule has 0 aliphatic heterocycles. The highest BCUT2D eigenvalue weighted by Crippen LogP contribution is 2.20. The average Bonchev–Trinajstić information content (AvgIpc) is 2.96. The molecule has 0 aliphatic rings. The van der Waals surface area contributed by atoms with Crippen molar-refractivity contribution >= 4 is 40.5 Å². The molecule has 3 aromatic carbocycles. The minimum absolute atomic E-state index is 0.135. The molecule has 0 spiro atoms. The summed E-state index contributed by atoms with van der Waals surface area (Å²) in [5, 5.41) is 6.05. The second kappa shape index (κ2) is 16.8. The van der Waals surface area contributed by atoms with Crippen LogP contribution in [0.1, 0.15) is 43.9 Å². The summed E-state index contributed by atoms with van der Waals surface area (Å²) in [5.74, 6) is 0. The molecule has 0 fully saturated rings. The van der Waals surface area contributed by atoms with Gasteiger partial charge in [-0.15, -0.1) is 0 Å². The van der Waals surface area contributed by atoms with E-state index in [1.807, 2.05) is 118 Å². The van der Waals surface area contributed by atoms with Crippen LogP contribution in [-0.4, -0.2) is 46.6 Å². The smallest absolute Gasteiger partial charge is 0.407 e. The third-order valence-corrected chi connectivity index (χ3v) is 7.27. The molecule has 0 heterocycles. The zero-order valence-electron chi connectivity index (χ0n) is 24.6. The number of carbonyl (C=O) groups excluding carboxylic acids is 2. The second-order valence-electron chi connectivity index (χ2n) is 10.9. The number of amides is 2. The molecule has 0 aliphatic carbocycles. The number of hydrogen-bond donors (Lipinski definition) is 2. The van der Waals surface area contributed by atoms with E-state index >= 15 is 0 Å². The molecule has 1 unspecified atom stereocenters. The first-order valence-corrected chi connectivity index (χ1v) is 15.5. The number of rotatable bonds is 12. The molecular weight excluding hydrogens is 569 g/mol. The van der Waals surface area contributed by atoms with E-state index in [1.165, 1.54) is 11.8 Å². The Morgan fingerprint density at radius 1 is 0.786 bits per heavy atom. The molecule has 2 amide bonds. The Bertz CT molecular complexity index is 1250. The molecule has 3 aromatic rings. The fourth-order valence-corrected chi connectivity index (χ4v) is 4.72. The molecule has 7 nitrogen and oxygen atoms in total. The van der Waals surface area contributed by atoms with E-state index < -0.39 is 29.9 Å². The van der Waals surface area contributed by atoms with Crippen molar-refractivity contribution < 1.29 is 23.8 Å². The van der Waals surface area contributed by atoms with Crippen molar-refractivity contribution in [2.45, 2.75) is 70.4 Å². The molecule has 0 saturated carbocycles. The predicted molar refractivity (Wildman–Crippen MR) is 173 cm³/mol. The van der Waals surface area contributed by atoms with Gasteiger partial charge in [0, 0.05) is 12.5 Å². The standard InChI is InChI=1S/C33H40N2O5S2/c1-33(2,3)40-31(37)34-27(20-24-14-8-5-9-15-24)22-29(39-32(41)42-4)28(21-25-16-10-6-11-17-25)35-30(36)38-23-26-18-12-7-13-19-26/h5-19,27-29H,20-23H2,1-4H3,(H,34,37)(H,35,36)/t27-,28-,29?/m0/s1. The van der Waals surface area contributed by atoms with Crippen molar-refractivity contribution in [1.29, 1.82) is 0 Å². The van der Waals surface area contributed by atoms with Gasteiger partial charge in [-0.3, -0.25) is 0 Å². The highest BCUT2D eigenvalue weighted by Gasteiger charge is 2.31. The molecule has 42 heavy (non-hydrogen) atoms. The first-order valence-electron chi connectivity index (χ1n) is 13.9. The van der Waals surface area contributed by atoms with Gasteiger partial charge in [0.15, 0.2) is 0 Å². The Balaban J connectivity index is 1.87. The third kappa shape index (κ3) is 12.5. The van der Waals surface area contributed by atoms with Gasteiger partial charge in [-0.25, -0.2) is 9.59 Å². The van der Waals surface area contributed by atoms with Crippen LogP contribution in [0.3, 0.4) is 0 Å². The van der Waals surface area contributed by atoms with Crippen molar-refractivity contribution in [2.24, 2.45) is 0 Å². The fraction of sp³-hybridized carbons (Fsp3) is 0.364. The van der Waals surface area contributed by atoms with Crippen LogP contribution >= 0.6 is 24.0 Å². The maximum atomic E-state index is 13.1. The van der Waals surface area contributed by atoms with Gasteiger partial charge in [0.05, 0.1) is 6.04 Å². The Labute approximate surface area is 258 Å². The topological polar surface area (TPSA) is 85.9 Å². The maximum Gasteiger partial charge on any atom is 0.407 e. The zero-order chi connectivity index (χ0) is 30.4. The molecule has 0 aromatic heterocycles. The monoisotopic (exact) mass is 608 g/mol. The normalized spacial score (nSPS) is 13.2. The summed E-state index contributed by atoms with van der Waals surface area (Å²) in [6, 6.07) is 28.3. The van der Waals surface area contributed by atoms with E-state index in [2.05, 4.69) is 10.6 Å². The average molecular weight is 609 g/mol. The number of thioether (sulfide) groups is 1. The SMILES string of the molecule is CSC(=S)OC(C[C@H](Cc1ccccc1)NC(=O)OC(C)(C)C)[C@H](Cc1ccccc1)NC(=O)OCc1ccccc1. The molecule has 0 radical (unpaired) electrons. The van der Waals surface area contributed by atoms with Gasteiger partial charge in [0.2, 0.25) is 4.38 Å². The zero-order valence-corrected chi connectivity index (χ0v) is 26.2. The van der Waals surface area contributed by atoms with Crippen LogP contribution in [0.5, 0.6) is 0 Å². The van der Waals surface area contributed by atoms with Gasteiger partial charge in [-0.05, 0) is 68.8 Å². The summed E-state index contributed by atoms with van der Waals surface area (Å²) >= 11 is 6.78. The molecule has 224 valence electrons. The minimum Gasteiger partial charge on any atom is -0.473 e. The first kappa shape index (κ1) is 32.9. The van der Waals surface area contributed by atoms with Gasteiger partial charge in [0.1, 0.15) is 18.3 Å². The second-order valence-corrected chi connectivity index (χ2v) is 12.3. The maximum absolute atomic E-state index is 13.1. The van der Waals surface area contributed by atoms with Crippen LogP contribution in [-0.2, 0) is 33.7 Å². The first-order chi connectivity index (χ1) is 20.1. The van der Waals surface area contributed by atoms with E-state index in [4.69, 9.17) is 26.4 Å². The van der Waals surface area contributed by atoms with Gasteiger partial charge >= 0.3 is 12.2 Å². The van der Waals surface area contributed by atoms with Gasteiger partial charge in [0.25, 0.3) is 0 Å². The van der Waals surface area contributed by atoms with Crippen molar-refractivity contribution in [3.05, 3.63) is 108 Å². The lowest BCUT2D eigenvalue weighted by Gasteiger charge is -2.32. The quantitative estimate of drug-likeness (QED) is 0.213. The van der Waals surface area contributed by atoms with Crippen LogP contribution in [0.25, 0.3) is 0 Å². The number of thiocarbonyl (C=S) groups is 1. The van der Waals surface area contributed by atoms with Crippen molar-refractivity contribution in [1.82, 2.24) is 10.6 Å². The molecule has 0 bridgehead atoms. The Morgan fingerprint density at radius 2 is 1.31 bits per heavy atom. The van der Waals surface area contributed by atoms with Gasteiger partial charge in [-0.2, -0.15) is 0 Å². The van der Waals surface area contributed by atoms with Crippen molar-refractivity contribution in [3.8, 4) is 0 Å². The summed E-state index contributed by atoms with van der Waals surface area (Å²) in [7, 11) is 0. The summed E-state index contributed by atoms with van der Waals surface area (Å²) in [5.41, 5.74) is 2.28. The molecule has 3 rings (SSSR count). The van der Waals surface area contributed by atoms with Crippen LogP contribution in [0.4, 0.5) is 9.59 Å². The van der Waals surface area contributed by atoms with Crippen LogP contribution in [0, 0.1) is 0 Å². The minimum atomic E-state index is -0.655. The summed E-state index contributed by atoms with van der Waals surface area (Å²) in [6.45, 7) is 5.60. The van der Waals surface area contributed by atoms with Gasteiger partial charge in [-0.1, -0.05) is 103 Å². The highest BCUT2D eigenvalue weighted by atomic mass is 32.2. The Kier molecular flexibility index (Phi) is 13.2. The number of benzene rings is 3. The van der Waals surface area contributed by atoms with Crippen LogP contribution in [0.2, 0.25) is 0 Å². The lowest BCUT2D eigenvalue weighted by molar-refractivity contribution is 0.0474. The van der Waals surface area contributed by atoms with Gasteiger partial charge < -0.3 is 24.8 Å². The summed E-state index contributed by atoms with van der Waals surface area (Å²) < 4.78 is 17.8. The fourth-order valence-electron chi connectivity index (χ4n) is 4.37. The molecule has 0 saturated heterocycles. The van der Waals surface area contributed by atoms with E-state index in [0.717, 1.165) is 16.7 Å². The van der Waals surface area contributed by atoms with E-state index in [1.54, 1.807) is 0 Å². The Hall–Kier alpha value is -3.56. The highest BCUT2D eigenvalue weighted by molar-refractivity contribution is 8.22. The van der Waals surface area contributed by atoms with E-state index in [-0.39, 0.29) is 12.6 Å². The number of nitrogens with one attached hydrogen (secondary N) is 2. The van der Waals surface area contributed by atoms with Crippen molar-refractivity contribution in [3.63, 3.8) is 0 Å². The van der Waals surface area contributed by atoms with Crippen LogP contribution in [0.15, 0.2) is 91.0 Å². The van der Waals surface area contributed by atoms with Crippen LogP contribution < -0.4 is 10.6 Å². The lowest BCUT2D eigenvalue weighted by Crippen LogP contribution is -2.50. The Morgan fingerprint density at radius 3 is 1.83 bits per heavy atom. The number of hydrogen-bond acceptors (Lipinski definition) is 7. The van der Waals surface area contributed by atoms with Crippen molar-refractivity contribution in [2.75, 3.05) is 6.26 Å². The van der Waals surface area contributed by atoms with E-state index in [9.17, 15) is 9.59 Å². The molecular formula is C33H40N2O5S2. The van der Waals surface area contributed by atoms with E-state index in [0.29, 0.717) is 23.6 Å². The molecule has 9 heteroatoms. The number of carbonyl (C=O) groups is 2. The lowest BCUT2D eigenvalue weighted by atomic mass is 9.93. The summed E-state index contributed by atoms with van der Waals surface area (Å²) in [6.07, 6.45) is 1.51. The number of ether oxygens (including phenoxy) is 3. The molecule has 2 N–H and O–H groups in total. The summed E-state index contributed by atoms with van der Waals surface area (Å²) in [4.78, 5) is 26.0. The number of alkyl carbamates (subject to hydrolysis) is 2. The molecule has 3 atom stereocenters.